The normalized spacial score (nSPS) is 11.5. The van der Waals surface area contributed by atoms with Crippen molar-refractivity contribution in [2.75, 3.05) is 37.8 Å². The number of hydrogen-bond acceptors (Lipinski definition) is 4. The van der Waals surface area contributed by atoms with E-state index in [0.29, 0.717) is 11.3 Å². The highest BCUT2D eigenvalue weighted by molar-refractivity contribution is 7.91. The highest BCUT2D eigenvalue weighted by Crippen LogP contribution is 2.18. The number of rotatable bonds is 8. The molecule has 19 heavy (non-hydrogen) atoms. The van der Waals surface area contributed by atoms with E-state index in [4.69, 9.17) is 0 Å². The van der Waals surface area contributed by atoms with Gasteiger partial charge in [0.05, 0.1) is 10.6 Å². The fourth-order valence-electron chi connectivity index (χ4n) is 1.92. The van der Waals surface area contributed by atoms with Gasteiger partial charge in [-0.2, -0.15) is 0 Å². The molecule has 0 saturated heterocycles. The molecule has 0 aromatic heterocycles. The minimum Gasteiger partial charge on any atom is -0.375 e. The Kier molecular flexibility index (Phi) is 6.31. The number of nitrogens with zero attached hydrogens (tertiary/aromatic N) is 1. The van der Waals surface area contributed by atoms with E-state index in [0.717, 1.165) is 25.2 Å². The second-order valence-electron chi connectivity index (χ2n) is 4.69. The van der Waals surface area contributed by atoms with Gasteiger partial charge in [-0.05, 0) is 50.7 Å². The lowest BCUT2D eigenvalue weighted by molar-refractivity contribution is 0.594. The minimum atomic E-state index is -3.10. The van der Waals surface area contributed by atoms with Crippen molar-refractivity contribution in [1.29, 1.82) is 0 Å². The van der Waals surface area contributed by atoms with Crippen LogP contribution in [0, 0.1) is 0 Å². The van der Waals surface area contributed by atoms with Gasteiger partial charge in [0.2, 0.25) is 0 Å². The Hall–Kier alpha value is -1.07. The molecule has 0 aliphatic carbocycles. The van der Waals surface area contributed by atoms with Crippen molar-refractivity contribution < 1.29 is 8.42 Å². The summed E-state index contributed by atoms with van der Waals surface area (Å²) in [7, 11) is 0.855. The Bertz CT molecular complexity index is 469. The van der Waals surface area contributed by atoms with E-state index < -0.39 is 9.84 Å². The van der Waals surface area contributed by atoms with Gasteiger partial charge in [-0.3, -0.25) is 0 Å². The number of anilines is 1. The van der Waals surface area contributed by atoms with Gasteiger partial charge in [0, 0.05) is 19.3 Å². The molecule has 0 atom stereocenters. The number of nitrogens with one attached hydrogen (secondary N) is 1. The third kappa shape index (κ3) is 4.84. The van der Waals surface area contributed by atoms with E-state index in [9.17, 15) is 8.42 Å². The van der Waals surface area contributed by atoms with Gasteiger partial charge in [-0.1, -0.05) is 6.92 Å². The number of hydrogen-bond donors (Lipinski definition) is 1. The molecule has 0 bridgehead atoms. The summed E-state index contributed by atoms with van der Waals surface area (Å²) in [6, 6.07) is 7.16. The van der Waals surface area contributed by atoms with E-state index in [2.05, 4.69) is 10.2 Å². The molecule has 1 aromatic rings. The molecule has 0 amide bonds. The average Bonchev–Trinajstić information content (AvgIpc) is 2.39. The molecular formula is C14H24N2O2S. The van der Waals surface area contributed by atoms with Crippen LogP contribution < -0.4 is 10.2 Å². The van der Waals surface area contributed by atoms with Crippen molar-refractivity contribution in [1.82, 2.24) is 5.32 Å². The average molecular weight is 284 g/mol. The molecule has 0 fully saturated rings. The van der Waals surface area contributed by atoms with Crippen molar-refractivity contribution >= 4 is 15.5 Å². The SMILES string of the molecule is CCCS(=O)(=O)c1ccc(N(C)CCCNC)cc1. The molecule has 1 rings (SSSR count). The van der Waals surface area contributed by atoms with E-state index in [1.165, 1.54) is 0 Å². The van der Waals surface area contributed by atoms with Crippen LogP contribution in [0.15, 0.2) is 29.2 Å². The summed E-state index contributed by atoms with van der Waals surface area (Å²) in [5.74, 6) is 0.213. The van der Waals surface area contributed by atoms with Crippen molar-refractivity contribution in [3.63, 3.8) is 0 Å². The molecule has 0 saturated carbocycles. The number of sulfone groups is 1. The molecule has 1 aromatic carbocycles. The van der Waals surface area contributed by atoms with Crippen LogP contribution in [0.1, 0.15) is 19.8 Å². The van der Waals surface area contributed by atoms with Crippen molar-refractivity contribution in [2.45, 2.75) is 24.7 Å². The molecule has 108 valence electrons. The monoisotopic (exact) mass is 284 g/mol. The Morgan fingerprint density at radius 2 is 1.84 bits per heavy atom. The smallest absolute Gasteiger partial charge is 0.178 e. The summed E-state index contributed by atoms with van der Waals surface area (Å²) >= 11 is 0. The zero-order valence-electron chi connectivity index (χ0n) is 12.0. The third-order valence-corrected chi connectivity index (χ3v) is 4.97. The van der Waals surface area contributed by atoms with Crippen LogP contribution in [-0.4, -0.2) is 41.4 Å². The van der Waals surface area contributed by atoms with Gasteiger partial charge >= 0.3 is 0 Å². The van der Waals surface area contributed by atoms with Gasteiger partial charge in [-0.15, -0.1) is 0 Å². The largest absolute Gasteiger partial charge is 0.375 e. The van der Waals surface area contributed by atoms with Gasteiger partial charge in [0.1, 0.15) is 0 Å². The molecule has 0 aliphatic rings. The van der Waals surface area contributed by atoms with Gasteiger partial charge in [0.15, 0.2) is 9.84 Å². The quantitative estimate of drug-likeness (QED) is 0.741. The maximum Gasteiger partial charge on any atom is 0.178 e. The second-order valence-corrected chi connectivity index (χ2v) is 6.80. The summed E-state index contributed by atoms with van der Waals surface area (Å²) < 4.78 is 23.8. The first-order valence-corrected chi connectivity index (χ1v) is 8.35. The van der Waals surface area contributed by atoms with E-state index in [1.807, 2.05) is 33.2 Å². The summed E-state index contributed by atoms with van der Waals surface area (Å²) in [5, 5.41) is 3.11. The fourth-order valence-corrected chi connectivity index (χ4v) is 3.24. The molecule has 0 aliphatic heterocycles. The van der Waals surface area contributed by atoms with Crippen molar-refractivity contribution in [3.05, 3.63) is 24.3 Å². The summed E-state index contributed by atoms with van der Waals surface area (Å²) in [5.41, 5.74) is 1.05. The highest BCUT2D eigenvalue weighted by atomic mass is 32.2. The maximum atomic E-state index is 11.9. The van der Waals surface area contributed by atoms with Crippen LogP contribution in [0.3, 0.4) is 0 Å². The van der Waals surface area contributed by atoms with Crippen LogP contribution in [0.25, 0.3) is 0 Å². The lowest BCUT2D eigenvalue weighted by Crippen LogP contribution is -2.22. The van der Waals surface area contributed by atoms with E-state index >= 15 is 0 Å². The van der Waals surface area contributed by atoms with Crippen LogP contribution in [0.5, 0.6) is 0 Å². The van der Waals surface area contributed by atoms with Crippen molar-refractivity contribution in [2.24, 2.45) is 0 Å². The molecule has 0 spiro atoms. The summed E-state index contributed by atoms with van der Waals surface area (Å²) in [4.78, 5) is 2.55. The van der Waals surface area contributed by atoms with Crippen LogP contribution in [-0.2, 0) is 9.84 Å². The zero-order valence-corrected chi connectivity index (χ0v) is 12.8. The predicted molar refractivity (Wildman–Crippen MR) is 80.6 cm³/mol. The first kappa shape index (κ1) is 16.0. The van der Waals surface area contributed by atoms with Gasteiger partial charge in [-0.25, -0.2) is 8.42 Å². The lowest BCUT2D eigenvalue weighted by atomic mass is 10.3. The van der Waals surface area contributed by atoms with Crippen molar-refractivity contribution in [3.8, 4) is 0 Å². The molecule has 0 radical (unpaired) electrons. The molecule has 5 heteroatoms. The lowest BCUT2D eigenvalue weighted by Gasteiger charge is -2.19. The first-order chi connectivity index (χ1) is 9.01. The molecular weight excluding hydrogens is 260 g/mol. The standard InChI is InChI=1S/C14H24N2O2S/c1-4-12-19(17,18)14-8-6-13(7-9-14)16(3)11-5-10-15-2/h6-9,15H,4-5,10-12H2,1-3H3. The fraction of sp³-hybridized carbons (Fsp3) is 0.571. The molecule has 4 nitrogen and oxygen atoms in total. The van der Waals surface area contributed by atoms with Gasteiger partial charge in [0.25, 0.3) is 0 Å². The zero-order chi connectivity index (χ0) is 14.3. The Morgan fingerprint density at radius 3 is 2.37 bits per heavy atom. The Morgan fingerprint density at radius 1 is 1.21 bits per heavy atom. The first-order valence-electron chi connectivity index (χ1n) is 6.70. The molecule has 1 N–H and O–H groups in total. The summed E-state index contributed by atoms with van der Waals surface area (Å²) in [6.07, 6.45) is 1.71. The van der Waals surface area contributed by atoms with Crippen LogP contribution in [0.2, 0.25) is 0 Å². The predicted octanol–water partition coefficient (Wildman–Crippen LogP) is 1.92. The maximum absolute atomic E-state index is 11.9. The van der Waals surface area contributed by atoms with E-state index in [1.54, 1.807) is 12.1 Å². The van der Waals surface area contributed by atoms with E-state index in [-0.39, 0.29) is 5.75 Å². The number of benzene rings is 1. The molecule has 0 unspecified atom stereocenters. The minimum absolute atomic E-state index is 0.213. The second kappa shape index (κ2) is 7.50. The van der Waals surface area contributed by atoms with Crippen LogP contribution >= 0.6 is 0 Å². The highest BCUT2D eigenvalue weighted by Gasteiger charge is 2.13. The third-order valence-electron chi connectivity index (χ3n) is 3.03. The Balaban J connectivity index is 2.71. The van der Waals surface area contributed by atoms with Crippen LogP contribution in [0.4, 0.5) is 5.69 Å². The van der Waals surface area contributed by atoms with Gasteiger partial charge < -0.3 is 10.2 Å². The Labute approximate surface area is 116 Å². The molecule has 0 heterocycles. The summed E-state index contributed by atoms with van der Waals surface area (Å²) in [6.45, 7) is 3.80. The topological polar surface area (TPSA) is 49.4 Å².